The SMILES string of the molecule is CC(C)CC(C)N(C)c1ccc(C(=O)O)c(Br)c1F. The number of aromatic carboxylic acids is 1. The van der Waals surface area contributed by atoms with Crippen molar-refractivity contribution in [2.24, 2.45) is 5.92 Å². The number of hydrogen-bond acceptors (Lipinski definition) is 2. The van der Waals surface area contributed by atoms with Gasteiger partial charge in [-0.25, -0.2) is 9.18 Å². The minimum Gasteiger partial charge on any atom is -0.478 e. The molecule has 1 aromatic rings. The lowest BCUT2D eigenvalue weighted by Gasteiger charge is -2.29. The first kappa shape index (κ1) is 16.0. The summed E-state index contributed by atoms with van der Waals surface area (Å²) in [6.07, 6.45) is 0.939. The summed E-state index contributed by atoms with van der Waals surface area (Å²) in [7, 11) is 1.82. The predicted molar refractivity (Wildman–Crippen MR) is 78.4 cm³/mol. The summed E-state index contributed by atoms with van der Waals surface area (Å²) in [4.78, 5) is 12.8. The Morgan fingerprint density at radius 2 is 2.00 bits per heavy atom. The van der Waals surface area contributed by atoms with Crippen molar-refractivity contribution < 1.29 is 14.3 Å². The number of benzene rings is 1. The molecule has 1 N–H and O–H groups in total. The molecule has 0 fully saturated rings. The molecule has 0 saturated heterocycles. The van der Waals surface area contributed by atoms with Crippen LogP contribution in [0.15, 0.2) is 16.6 Å². The van der Waals surface area contributed by atoms with E-state index < -0.39 is 11.8 Å². The molecule has 0 aliphatic carbocycles. The molecule has 0 heterocycles. The zero-order valence-electron chi connectivity index (χ0n) is 11.6. The molecule has 3 nitrogen and oxygen atoms in total. The van der Waals surface area contributed by atoms with Gasteiger partial charge >= 0.3 is 5.97 Å². The molecule has 0 amide bonds. The highest BCUT2D eigenvalue weighted by atomic mass is 79.9. The van der Waals surface area contributed by atoms with E-state index in [9.17, 15) is 9.18 Å². The van der Waals surface area contributed by atoms with Crippen molar-refractivity contribution in [1.82, 2.24) is 0 Å². The van der Waals surface area contributed by atoms with Crippen molar-refractivity contribution >= 4 is 27.6 Å². The topological polar surface area (TPSA) is 40.5 Å². The maximum Gasteiger partial charge on any atom is 0.336 e. The fraction of sp³-hybridized carbons (Fsp3) is 0.500. The lowest BCUT2D eigenvalue weighted by atomic mass is 10.0. The minimum atomic E-state index is -1.14. The van der Waals surface area contributed by atoms with E-state index in [1.165, 1.54) is 12.1 Å². The van der Waals surface area contributed by atoms with Crippen LogP contribution in [0.5, 0.6) is 0 Å². The third-order valence-corrected chi connectivity index (χ3v) is 3.92. The second-order valence-corrected chi connectivity index (χ2v) is 5.95. The summed E-state index contributed by atoms with van der Waals surface area (Å²) in [6.45, 7) is 6.26. The van der Waals surface area contributed by atoms with E-state index in [2.05, 4.69) is 29.8 Å². The van der Waals surface area contributed by atoms with Gasteiger partial charge in [0, 0.05) is 13.1 Å². The fourth-order valence-corrected chi connectivity index (χ4v) is 2.56. The van der Waals surface area contributed by atoms with Gasteiger partial charge in [-0.2, -0.15) is 0 Å². The van der Waals surface area contributed by atoms with Gasteiger partial charge in [0.2, 0.25) is 0 Å². The Kier molecular flexibility index (Phi) is 5.35. The molecule has 5 heteroatoms. The zero-order valence-corrected chi connectivity index (χ0v) is 13.2. The summed E-state index contributed by atoms with van der Waals surface area (Å²) in [5.41, 5.74) is 0.344. The standard InChI is InChI=1S/C14H19BrFNO2/c1-8(2)7-9(3)17(4)11-6-5-10(14(18)19)12(15)13(11)16/h5-6,8-9H,7H2,1-4H3,(H,18,19). The molecule has 1 rings (SSSR count). The zero-order chi connectivity index (χ0) is 14.7. The Morgan fingerprint density at radius 3 is 2.47 bits per heavy atom. The lowest BCUT2D eigenvalue weighted by molar-refractivity contribution is 0.0695. The Balaban J connectivity index is 3.08. The smallest absolute Gasteiger partial charge is 0.336 e. The number of carboxylic acids is 1. The van der Waals surface area contributed by atoms with Gasteiger partial charge in [-0.05, 0) is 47.3 Å². The van der Waals surface area contributed by atoms with Gasteiger partial charge in [0.15, 0.2) is 5.82 Å². The van der Waals surface area contributed by atoms with E-state index in [4.69, 9.17) is 5.11 Å². The van der Waals surface area contributed by atoms with E-state index in [0.717, 1.165) is 6.42 Å². The highest BCUT2D eigenvalue weighted by Crippen LogP contribution is 2.30. The van der Waals surface area contributed by atoms with Gasteiger partial charge < -0.3 is 10.0 Å². The minimum absolute atomic E-state index is 0.00102. The van der Waals surface area contributed by atoms with E-state index in [1.54, 1.807) is 0 Å². The Hall–Kier alpha value is -1.10. The molecule has 1 aromatic carbocycles. The van der Waals surface area contributed by atoms with E-state index in [1.807, 2.05) is 18.9 Å². The maximum atomic E-state index is 14.2. The molecular weight excluding hydrogens is 313 g/mol. The van der Waals surface area contributed by atoms with Crippen LogP contribution in [0, 0.1) is 11.7 Å². The van der Waals surface area contributed by atoms with Crippen LogP contribution in [0.1, 0.15) is 37.6 Å². The summed E-state index contributed by atoms with van der Waals surface area (Å²) < 4.78 is 14.2. The van der Waals surface area contributed by atoms with Gasteiger partial charge in [-0.1, -0.05) is 13.8 Å². The van der Waals surface area contributed by atoms with Crippen LogP contribution in [0.2, 0.25) is 0 Å². The molecule has 19 heavy (non-hydrogen) atoms. The van der Waals surface area contributed by atoms with Crippen LogP contribution >= 0.6 is 15.9 Å². The molecule has 106 valence electrons. The Bertz CT molecular complexity index is 477. The number of carboxylic acid groups (broad SMARTS) is 1. The van der Waals surface area contributed by atoms with Gasteiger partial charge in [-0.15, -0.1) is 0 Å². The van der Waals surface area contributed by atoms with Crippen LogP contribution in [0.25, 0.3) is 0 Å². The molecule has 1 unspecified atom stereocenters. The number of halogens is 2. The molecule has 0 aromatic heterocycles. The average molecular weight is 332 g/mol. The van der Waals surface area contributed by atoms with Gasteiger partial charge in [0.1, 0.15) is 0 Å². The molecule has 0 spiro atoms. The second kappa shape index (κ2) is 6.37. The number of nitrogens with zero attached hydrogens (tertiary/aromatic N) is 1. The quantitative estimate of drug-likeness (QED) is 0.880. The maximum absolute atomic E-state index is 14.2. The van der Waals surface area contributed by atoms with Crippen molar-refractivity contribution in [3.8, 4) is 0 Å². The van der Waals surface area contributed by atoms with Crippen LogP contribution in [0.4, 0.5) is 10.1 Å². The molecule has 1 atom stereocenters. The first-order valence-electron chi connectivity index (χ1n) is 6.19. The van der Waals surface area contributed by atoms with Crippen LogP contribution < -0.4 is 4.90 Å². The molecule has 0 bridgehead atoms. The predicted octanol–water partition coefficient (Wildman–Crippen LogP) is 4.16. The van der Waals surface area contributed by atoms with Crippen molar-refractivity contribution in [2.75, 3.05) is 11.9 Å². The number of hydrogen-bond donors (Lipinski definition) is 1. The number of anilines is 1. The number of rotatable bonds is 5. The van der Waals surface area contributed by atoms with Crippen LogP contribution in [-0.4, -0.2) is 24.2 Å². The monoisotopic (exact) mass is 331 g/mol. The normalized spacial score (nSPS) is 12.6. The number of carbonyl (C=O) groups is 1. The molecule has 0 saturated carbocycles. The summed E-state index contributed by atoms with van der Waals surface area (Å²) in [6, 6.07) is 3.11. The van der Waals surface area contributed by atoms with E-state index in [0.29, 0.717) is 11.6 Å². The van der Waals surface area contributed by atoms with Crippen LogP contribution in [0.3, 0.4) is 0 Å². The molecule has 0 aliphatic heterocycles. The molecular formula is C14H19BrFNO2. The second-order valence-electron chi connectivity index (χ2n) is 5.15. The molecule has 0 radical (unpaired) electrons. The Morgan fingerprint density at radius 1 is 1.42 bits per heavy atom. The third kappa shape index (κ3) is 3.69. The van der Waals surface area contributed by atoms with E-state index >= 15 is 0 Å². The lowest BCUT2D eigenvalue weighted by Crippen LogP contribution is -2.31. The summed E-state index contributed by atoms with van der Waals surface area (Å²) >= 11 is 3.02. The van der Waals surface area contributed by atoms with Crippen molar-refractivity contribution in [3.63, 3.8) is 0 Å². The first-order valence-corrected chi connectivity index (χ1v) is 6.99. The highest BCUT2D eigenvalue weighted by molar-refractivity contribution is 9.10. The van der Waals surface area contributed by atoms with E-state index in [-0.39, 0.29) is 16.1 Å². The summed E-state index contributed by atoms with van der Waals surface area (Å²) in [5.74, 6) is -1.16. The van der Waals surface area contributed by atoms with Gasteiger partial charge in [-0.3, -0.25) is 0 Å². The summed E-state index contributed by atoms with van der Waals surface area (Å²) in [5, 5.41) is 8.94. The fourth-order valence-electron chi connectivity index (χ4n) is 2.05. The molecule has 0 aliphatic rings. The van der Waals surface area contributed by atoms with Crippen molar-refractivity contribution in [1.29, 1.82) is 0 Å². The van der Waals surface area contributed by atoms with Crippen LogP contribution in [-0.2, 0) is 0 Å². The highest BCUT2D eigenvalue weighted by Gasteiger charge is 2.20. The van der Waals surface area contributed by atoms with Gasteiger partial charge in [0.05, 0.1) is 15.7 Å². The van der Waals surface area contributed by atoms with Crippen molar-refractivity contribution in [2.45, 2.75) is 33.2 Å². The largest absolute Gasteiger partial charge is 0.478 e. The van der Waals surface area contributed by atoms with Crippen molar-refractivity contribution in [3.05, 3.63) is 28.0 Å². The Labute approximate surface area is 121 Å². The third-order valence-electron chi connectivity index (χ3n) is 3.15. The average Bonchev–Trinajstić information content (AvgIpc) is 2.30. The first-order chi connectivity index (χ1) is 8.75. The van der Waals surface area contributed by atoms with Gasteiger partial charge in [0.25, 0.3) is 0 Å².